The maximum absolute atomic E-state index is 13.6. The number of rotatable bonds is 14. The van der Waals surface area contributed by atoms with Crippen LogP contribution in [0.2, 0.25) is 0 Å². The van der Waals surface area contributed by atoms with Gasteiger partial charge in [0.15, 0.2) is 5.78 Å². The van der Waals surface area contributed by atoms with Crippen molar-refractivity contribution < 1.29 is 14.7 Å². The molecule has 0 fully saturated rings. The third-order valence-corrected chi connectivity index (χ3v) is 6.93. The zero-order chi connectivity index (χ0) is 26.9. The average Bonchev–Trinajstić information content (AvgIpc) is 3.18. The van der Waals surface area contributed by atoms with Crippen molar-refractivity contribution in [2.75, 3.05) is 5.32 Å². The molecule has 0 radical (unpaired) electrons. The number of ketones is 1. The van der Waals surface area contributed by atoms with Crippen molar-refractivity contribution in [2.24, 2.45) is 13.0 Å². The highest BCUT2D eigenvalue weighted by Crippen LogP contribution is 2.27. The molecule has 0 spiro atoms. The van der Waals surface area contributed by atoms with Crippen LogP contribution in [0.1, 0.15) is 97.9 Å². The Labute approximate surface area is 221 Å². The van der Waals surface area contributed by atoms with Crippen molar-refractivity contribution in [1.29, 1.82) is 0 Å². The van der Waals surface area contributed by atoms with Crippen LogP contribution in [-0.2, 0) is 31.1 Å². The first-order valence-electron chi connectivity index (χ1n) is 13.6. The predicted molar refractivity (Wildman–Crippen MR) is 151 cm³/mol. The Bertz CT molecular complexity index is 1190. The number of aryl methyl sites for hydroxylation is 1. The maximum Gasteiger partial charge on any atom is 0.303 e. The molecule has 0 aliphatic heterocycles. The zero-order valence-electron chi connectivity index (χ0n) is 23.0. The smallest absolute Gasteiger partial charge is 0.303 e. The highest BCUT2D eigenvalue weighted by atomic mass is 16.4. The summed E-state index contributed by atoms with van der Waals surface area (Å²) in [5, 5.41) is 12.6. The van der Waals surface area contributed by atoms with E-state index in [1.165, 1.54) is 11.1 Å². The van der Waals surface area contributed by atoms with E-state index in [0.29, 0.717) is 29.9 Å². The van der Waals surface area contributed by atoms with E-state index in [9.17, 15) is 9.59 Å². The van der Waals surface area contributed by atoms with Gasteiger partial charge in [-0.1, -0.05) is 70.5 Å². The molecule has 198 valence electrons. The molecule has 3 aromatic rings. The Morgan fingerprint density at radius 1 is 1.03 bits per heavy atom. The van der Waals surface area contributed by atoms with E-state index in [1.54, 1.807) is 0 Å². The van der Waals surface area contributed by atoms with Crippen LogP contribution in [0.4, 0.5) is 5.69 Å². The van der Waals surface area contributed by atoms with Gasteiger partial charge in [-0.15, -0.1) is 0 Å². The molecule has 3 rings (SSSR count). The summed E-state index contributed by atoms with van der Waals surface area (Å²) < 4.78 is 2.05. The Hall–Kier alpha value is -3.34. The minimum atomic E-state index is -0.793. The third kappa shape index (κ3) is 7.58. The lowest BCUT2D eigenvalue weighted by molar-refractivity contribution is -0.137. The van der Waals surface area contributed by atoms with Gasteiger partial charge in [0.05, 0.1) is 6.04 Å². The first-order valence-corrected chi connectivity index (χ1v) is 13.6. The van der Waals surface area contributed by atoms with Gasteiger partial charge in [0.1, 0.15) is 0 Å². The van der Waals surface area contributed by atoms with Crippen molar-refractivity contribution in [3.63, 3.8) is 0 Å². The maximum atomic E-state index is 13.6. The second kappa shape index (κ2) is 13.3. The van der Waals surface area contributed by atoms with Crippen molar-refractivity contribution in [1.82, 2.24) is 4.57 Å². The fraction of sp³-hybridized carbons (Fsp3) is 0.438. The SMILES string of the molecule is CCCC(Nc1cccc(C(=O)c2cc(CCCC(=O)O)n(C)c2CC)c1)c1ccc(CC(C)C)cc1. The number of anilines is 1. The van der Waals surface area contributed by atoms with Gasteiger partial charge in [-0.3, -0.25) is 9.59 Å². The van der Waals surface area contributed by atoms with Gasteiger partial charge in [-0.25, -0.2) is 0 Å². The summed E-state index contributed by atoms with van der Waals surface area (Å²) in [5.74, 6) is -0.154. The van der Waals surface area contributed by atoms with Gasteiger partial charge < -0.3 is 15.0 Å². The number of aromatic nitrogens is 1. The fourth-order valence-corrected chi connectivity index (χ4v) is 5.06. The van der Waals surface area contributed by atoms with Crippen molar-refractivity contribution >= 4 is 17.4 Å². The second-order valence-electron chi connectivity index (χ2n) is 10.4. The van der Waals surface area contributed by atoms with E-state index in [1.807, 2.05) is 44.3 Å². The molecule has 2 aromatic carbocycles. The van der Waals surface area contributed by atoms with Crippen LogP contribution in [0.25, 0.3) is 0 Å². The number of carboxylic acid groups (broad SMARTS) is 1. The first kappa shape index (κ1) is 28.2. The van der Waals surface area contributed by atoms with Crippen LogP contribution in [0.3, 0.4) is 0 Å². The Morgan fingerprint density at radius 2 is 1.76 bits per heavy atom. The van der Waals surface area contributed by atoms with Gasteiger partial charge in [0.2, 0.25) is 0 Å². The van der Waals surface area contributed by atoms with Gasteiger partial charge in [-0.05, 0) is 67.3 Å². The number of carboxylic acids is 1. The molecule has 0 bridgehead atoms. The van der Waals surface area contributed by atoms with Gasteiger partial charge in [0, 0.05) is 41.7 Å². The minimum absolute atomic E-state index is 0.00524. The van der Waals surface area contributed by atoms with E-state index >= 15 is 0 Å². The molecule has 0 aliphatic rings. The number of carbonyl (C=O) groups excluding carboxylic acids is 1. The first-order chi connectivity index (χ1) is 17.7. The van der Waals surface area contributed by atoms with Crippen LogP contribution < -0.4 is 5.32 Å². The summed E-state index contributed by atoms with van der Waals surface area (Å²) in [5.41, 5.74) is 6.90. The number of hydrogen-bond donors (Lipinski definition) is 2. The highest BCUT2D eigenvalue weighted by Gasteiger charge is 2.20. The number of nitrogens with zero attached hydrogens (tertiary/aromatic N) is 1. The van der Waals surface area contributed by atoms with Crippen molar-refractivity contribution in [3.05, 3.63) is 88.2 Å². The van der Waals surface area contributed by atoms with Crippen molar-refractivity contribution in [3.8, 4) is 0 Å². The summed E-state index contributed by atoms with van der Waals surface area (Å²) in [6.07, 6.45) is 5.19. The highest BCUT2D eigenvalue weighted by molar-refractivity contribution is 6.10. The Morgan fingerprint density at radius 3 is 2.38 bits per heavy atom. The molecular formula is C32H42N2O3. The zero-order valence-corrected chi connectivity index (χ0v) is 23.0. The van der Waals surface area contributed by atoms with Gasteiger partial charge >= 0.3 is 5.97 Å². The molecule has 5 nitrogen and oxygen atoms in total. The predicted octanol–water partition coefficient (Wildman–Crippen LogP) is 7.38. The lowest BCUT2D eigenvalue weighted by Gasteiger charge is -2.21. The van der Waals surface area contributed by atoms with E-state index in [4.69, 9.17) is 5.11 Å². The van der Waals surface area contributed by atoms with Crippen LogP contribution in [-0.4, -0.2) is 21.4 Å². The molecule has 1 aromatic heterocycles. The van der Waals surface area contributed by atoms with Crippen molar-refractivity contribution in [2.45, 2.75) is 78.7 Å². The quantitative estimate of drug-likeness (QED) is 0.226. The molecule has 2 N–H and O–H groups in total. The Kier molecular flexibility index (Phi) is 10.1. The summed E-state index contributed by atoms with van der Waals surface area (Å²) in [6, 6.07) is 18.8. The molecule has 0 aliphatic carbocycles. The molecule has 37 heavy (non-hydrogen) atoms. The largest absolute Gasteiger partial charge is 0.481 e. The molecule has 1 atom stereocenters. The summed E-state index contributed by atoms with van der Waals surface area (Å²) in [7, 11) is 1.96. The van der Waals surface area contributed by atoms with E-state index in [0.717, 1.165) is 42.8 Å². The van der Waals surface area contributed by atoms with Crippen LogP contribution in [0.15, 0.2) is 54.6 Å². The van der Waals surface area contributed by atoms with E-state index < -0.39 is 5.97 Å². The van der Waals surface area contributed by atoms with Gasteiger partial charge in [0.25, 0.3) is 0 Å². The van der Waals surface area contributed by atoms with Crippen LogP contribution >= 0.6 is 0 Å². The molecule has 1 unspecified atom stereocenters. The van der Waals surface area contributed by atoms with Crippen LogP contribution in [0.5, 0.6) is 0 Å². The molecular weight excluding hydrogens is 460 g/mol. The summed E-state index contributed by atoms with van der Waals surface area (Å²) in [4.78, 5) is 24.5. The number of carbonyl (C=O) groups is 2. The third-order valence-electron chi connectivity index (χ3n) is 6.93. The molecule has 0 saturated carbocycles. The topological polar surface area (TPSA) is 71.3 Å². The van der Waals surface area contributed by atoms with E-state index in [2.05, 4.69) is 54.9 Å². The number of nitrogens with one attached hydrogen (secondary N) is 1. The minimum Gasteiger partial charge on any atom is -0.481 e. The van der Waals surface area contributed by atoms with Crippen LogP contribution in [0, 0.1) is 5.92 Å². The Balaban J connectivity index is 1.81. The normalized spacial score (nSPS) is 12.1. The molecule has 1 heterocycles. The summed E-state index contributed by atoms with van der Waals surface area (Å²) in [6.45, 7) is 8.72. The molecule has 0 saturated heterocycles. The number of aliphatic carboxylic acids is 1. The lowest BCUT2D eigenvalue weighted by atomic mass is 9.97. The standard InChI is InChI=1S/C32H42N2O3/c1-6-10-29(24-17-15-23(16-18-24)19-22(3)4)33-26-12-8-11-25(20-26)32(37)28-21-27(13-9-14-31(35)36)34(5)30(28)7-2/h8,11-12,15-18,20-22,29,33H,6-7,9-10,13-14,19H2,1-5H3,(H,35,36). The lowest BCUT2D eigenvalue weighted by Crippen LogP contribution is -2.12. The molecule has 5 heteroatoms. The average molecular weight is 503 g/mol. The number of hydrogen-bond acceptors (Lipinski definition) is 3. The van der Waals surface area contributed by atoms with E-state index in [-0.39, 0.29) is 18.2 Å². The summed E-state index contributed by atoms with van der Waals surface area (Å²) >= 11 is 0. The fourth-order valence-electron chi connectivity index (χ4n) is 5.06. The number of benzene rings is 2. The monoisotopic (exact) mass is 502 g/mol. The van der Waals surface area contributed by atoms with Gasteiger partial charge in [-0.2, -0.15) is 0 Å². The second-order valence-corrected chi connectivity index (χ2v) is 10.4. The molecule has 0 amide bonds.